The molecule has 5 nitrogen and oxygen atoms in total. The van der Waals surface area contributed by atoms with Crippen molar-refractivity contribution in [2.75, 3.05) is 0 Å². The summed E-state index contributed by atoms with van der Waals surface area (Å²) in [5, 5.41) is 12.9. The van der Waals surface area contributed by atoms with Crippen molar-refractivity contribution in [2.24, 2.45) is 11.3 Å². The van der Waals surface area contributed by atoms with E-state index in [2.05, 4.69) is 5.32 Å². The Hall–Kier alpha value is -3.36. The lowest BCUT2D eigenvalue weighted by atomic mass is 9.70. The predicted molar refractivity (Wildman–Crippen MR) is 134 cm³/mol. The summed E-state index contributed by atoms with van der Waals surface area (Å²) in [6.07, 6.45) is 3.56. The highest BCUT2D eigenvalue weighted by Crippen LogP contribution is 2.52. The van der Waals surface area contributed by atoms with Gasteiger partial charge in [-0.2, -0.15) is 13.2 Å². The molecular weight excluding hydrogens is 500 g/mol. The molecule has 1 heterocycles. The van der Waals surface area contributed by atoms with Gasteiger partial charge in [-0.05, 0) is 79.3 Å². The van der Waals surface area contributed by atoms with Crippen LogP contribution in [0.15, 0.2) is 48.7 Å². The Kier molecular flexibility index (Phi) is 6.96. The summed E-state index contributed by atoms with van der Waals surface area (Å²) < 4.78 is 55.1. The van der Waals surface area contributed by atoms with E-state index >= 15 is 0 Å². The number of halogens is 4. The minimum Gasteiger partial charge on any atom is -0.481 e. The van der Waals surface area contributed by atoms with E-state index in [0.717, 1.165) is 44.2 Å². The number of carbonyl (C=O) groups is 2. The minimum absolute atomic E-state index is 0.0980. The van der Waals surface area contributed by atoms with Crippen molar-refractivity contribution in [3.05, 3.63) is 71.2 Å². The van der Waals surface area contributed by atoms with Gasteiger partial charge in [0.15, 0.2) is 0 Å². The number of aliphatic carboxylic acids is 1. The molecule has 0 saturated heterocycles. The summed E-state index contributed by atoms with van der Waals surface area (Å²) in [6, 6.07) is 8.79. The zero-order valence-corrected chi connectivity index (χ0v) is 20.9. The number of nitrogens with zero attached hydrogens (tertiary/aromatic N) is 1. The Balaban J connectivity index is 1.38. The molecule has 2 aliphatic rings. The Morgan fingerprint density at radius 2 is 1.74 bits per heavy atom. The lowest BCUT2D eigenvalue weighted by Crippen LogP contribution is -2.36. The molecule has 2 N–H and O–H groups in total. The van der Waals surface area contributed by atoms with Crippen molar-refractivity contribution in [1.29, 1.82) is 0 Å². The average molecular weight is 531 g/mol. The largest absolute Gasteiger partial charge is 0.481 e. The number of nitrogens with one attached hydrogen (secondary N) is 1. The fourth-order valence-electron chi connectivity index (χ4n) is 6.66. The first-order chi connectivity index (χ1) is 18.1. The molecule has 2 saturated carbocycles. The fourth-order valence-corrected chi connectivity index (χ4v) is 6.66. The SMILES string of the molecule is O=C(O)CC1(C2CCCC2)CCC(NC(=O)c2ccc(F)c3ccn(Cc4ccc(C(F)(F)F)cc4)c23)C1. The summed E-state index contributed by atoms with van der Waals surface area (Å²) in [6.45, 7) is 0.165. The van der Waals surface area contributed by atoms with Crippen molar-refractivity contribution < 1.29 is 32.3 Å². The van der Waals surface area contributed by atoms with Crippen molar-refractivity contribution >= 4 is 22.8 Å². The van der Waals surface area contributed by atoms with Gasteiger partial charge in [-0.25, -0.2) is 4.39 Å². The zero-order chi connectivity index (χ0) is 27.1. The van der Waals surface area contributed by atoms with E-state index in [9.17, 15) is 32.3 Å². The molecule has 202 valence electrons. The number of amides is 1. The number of hydrogen-bond donors (Lipinski definition) is 2. The molecule has 2 aliphatic carbocycles. The maximum Gasteiger partial charge on any atom is 0.416 e. The first-order valence-corrected chi connectivity index (χ1v) is 13.0. The number of benzene rings is 2. The van der Waals surface area contributed by atoms with Gasteiger partial charge in [-0.3, -0.25) is 9.59 Å². The van der Waals surface area contributed by atoms with Crippen LogP contribution >= 0.6 is 0 Å². The third-order valence-electron chi connectivity index (χ3n) is 8.45. The van der Waals surface area contributed by atoms with Gasteiger partial charge < -0.3 is 15.0 Å². The molecule has 2 fully saturated rings. The summed E-state index contributed by atoms with van der Waals surface area (Å²) in [5.41, 5.74) is 0.152. The van der Waals surface area contributed by atoms with Gasteiger partial charge in [0.05, 0.1) is 23.1 Å². The summed E-state index contributed by atoms with van der Waals surface area (Å²) in [7, 11) is 0. The van der Waals surface area contributed by atoms with E-state index in [1.54, 1.807) is 16.8 Å². The lowest BCUT2D eigenvalue weighted by Gasteiger charge is -2.34. The Bertz CT molecular complexity index is 1340. The highest BCUT2D eigenvalue weighted by molar-refractivity contribution is 6.06. The molecule has 2 unspecified atom stereocenters. The number of carboxylic acids is 1. The monoisotopic (exact) mass is 530 g/mol. The third kappa shape index (κ3) is 5.15. The maximum atomic E-state index is 14.6. The number of carbonyl (C=O) groups excluding carboxylic acids is 1. The number of rotatable bonds is 7. The van der Waals surface area contributed by atoms with Crippen LogP contribution in [0.1, 0.15) is 72.9 Å². The molecule has 0 radical (unpaired) electrons. The summed E-state index contributed by atoms with van der Waals surface area (Å²) >= 11 is 0. The van der Waals surface area contributed by atoms with Gasteiger partial charge in [-0.1, -0.05) is 25.0 Å². The first kappa shape index (κ1) is 26.3. The Labute approximate surface area is 217 Å². The van der Waals surface area contributed by atoms with E-state index < -0.39 is 23.5 Å². The molecule has 5 rings (SSSR count). The van der Waals surface area contributed by atoms with Gasteiger partial charge in [0.1, 0.15) is 5.82 Å². The standard InChI is InChI=1S/C29H30F4N2O3/c30-24-10-9-23(26-22(24)12-14-35(26)17-18-5-7-20(8-6-18)29(31,32)33)27(38)34-21-11-13-28(15-21,16-25(36)37)19-3-1-2-4-19/h5-10,12,14,19,21H,1-4,11,13,15-17H2,(H,34,38)(H,36,37). The molecule has 2 aromatic carbocycles. The van der Waals surface area contributed by atoms with Crippen molar-refractivity contribution in [2.45, 2.75) is 70.1 Å². The van der Waals surface area contributed by atoms with Crippen LogP contribution in [-0.2, 0) is 17.5 Å². The topological polar surface area (TPSA) is 71.3 Å². The van der Waals surface area contributed by atoms with Gasteiger partial charge in [0.25, 0.3) is 5.91 Å². The molecule has 38 heavy (non-hydrogen) atoms. The van der Waals surface area contributed by atoms with Crippen LogP contribution in [-0.4, -0.2) is 27.6 Å². The quantitative estimate of drug-likeness (QED) is 0.331. The molecule has 9 heteroatoms. The molecule has 0 bridgehead atoms. The zero-order valence-electron chi connectivity index (χ0n) is 20.9. The van der Waals surface area contributed by atoms with Crippen LogP contribution < -0.4 is 5.32 Å². The Morgan fingerprint density at radius 1 is 1.03 bits per heavy atom. The lowest BCUT2D eigenvalue weighted by molar-refractivity contribution is -0.141. The van der Waals surface area contributed by atoms with Crippen molar-refractivity contribution in [3.63, 3.8) is 0 Å². The predicted octanol–water partition coefficient (Wildman–Crippen LogP) is 6.78. The second-order valence-corrected chi connectivity index (χ2v) is 10.8. The third-order valence-corrected chi connectivity index (χ3v) is 8.45. The molecule has 2 atom stereocenters. The number of fused-ring (bicyclic) bond motifs is 1. The molecule has 0 aliphatic heterocycles. The van der Waals surface area contributed by atoms with Crippen LogP contribution in [0.25, 0.3) is 10.9 Å². The second-order valence-electron chi connectivity index (χ2n) is 10.8. The smallest absolute Gasteiger partial charge is 0.416 e. The van der Waals surface area contributed by atoms with Crippen LogP contribution in [0, 0.1) is 17.2 Å². The fraction of sp³-hybridized carbons (Fsp3) is 0.448. The maximum absolute atomic E-state index is 14.6. The molecule has 1 amide bonds. The summed E-state index contributed by atoms with van der Waals surface area (Å²) in [5.74, 6) is -1.33. The first-order valence-electron chi connectivity index (χ1n) is 13.0. The number of hydrogen-bond acceptors (Lipinski definition) is 2. The molecule has 1 aromatic heterocycles. The number of carboxylic acid groups (broad SMARTS) is 1. The second kappa shape index (κ2) is 10.1. The van der Waals surface area contributed by atoms with Crippen molar-refractivity contribution in [1.82, 2.24) is 9.88 Å². The van der Waals surface area contributed by atoms with Crippen LogP contribution in [0.4, 0.5) is 17.6 Å². The van der Waals surface area contributed by atoms with E-state index in [1.807, 2.05) is 0 Å². The van der Waals surface area contributed by atoms with E-state index in [-0.39, 0.29) is 41.3 Å². The van der Waals surface area contributed by atoms with E-state index in [0.29, 0.717) is 29.8 Å². The minimum atomic E-state index is -4.44. The van der Waals surface area contributed by atoms with Crippen molar-refractivity contribution in [3.8, 4) is 0 Å². The average Bonchev–Trinajstić information content (AvgIpc) is 3.61. The number of alkyl halides is 3. The Morgan fingerprint density at radius 3 is 2.39 bits per heavy atom. The van der Waals surface area contributed by atoms with E-state index in [4.69, 9.17) is 0 Å². The van der Waals surface area contributed by atoms with Gasteiger partial charge in [0.2, 0.25) is 0 Å². The van der Waals surface area contributed by atoms with Crippen LogP contribution in [0.2, 0.25) is 0 Å². The molecular formula is C29H30F4N2O3. The summed E-state index contributed by atoms with van der Waals surface area (Å²) in [4.78, 5) is 25.1. The van der Waals surface area contributed by atoms with E-state index in [1.165, 1.54) is 24.3 Å². The van der Waals surface area contributed by atoms with Gasteiger partial charge in [-0.15, -0.1) is 0 Å². The normalized spacial score (nSPS) is 22.3. The molecule has 0 spiro atoms. The highest BCUT2D eigenvalue weighted by atomic mass is 19.4. The molecule has 3 aromatic rings. The van der Waals surface area contributed by atoms with Gasteiger partial charge in [0, 0.05) is 24.2 Å². The number of aromatic nitrogens is 1. The highest BCUT2D eigenvalue weighted by Gasteiger charge is 2.47. The van der Waals surface area contributed by atoms with Gasteiger partial charge >= 0.3 is 12.1 Å². The van der Waals surface area contributed by atoms with Crippen LogP contribution in [0.5, 0.6) is 0 Å². The van der Waals surface area contributed by atoms with Crippen LogP contribution in [0.3, 0.4) is 0 Å².